The van der Waals surface area contributed by atoms with Crippen molar-refractivity contribution in [2.45, 2.75) is 27.7 Å². The number of benzene rings is 2. The molecule has 5 heteroatoms. The number of hydrogen-bond donors (Lipinski definition) is 0. The Morgan fingerprint density at radius 3 is 1.93 bits per heavy atom. The van der Waals surface area contributed by atoms with Crippen LogP contribution in [0.25, 0.3) is 5.76 Å². The van der Waals surface area contributed by atoms with Gasteiger partial charge in [-0.1, -0.05) is 42.5 Å². The molecule has 2 aromatic rings. The molecule has 0 fully saturated rings. The molecule has 146 valence electrons. The van der Waals surface area contributed by atoms with Gasteiger partial charge in [0.05, 0.1) is 5.41 Å². The van der Waals surface area contributed by atoms with Crippen LogP contribution in [0.3, 0.4) is 0 Å². The van der Waals surface area contributed by atoms with E-state index in [0.29, 0.717) is 11.1 Å². The minimum absolute atomic E-state index is 0.0661. The predicted molar refractivity (Wildman–Crippen MR) is 110 cm³/mol. The van der Waals surface area contributed by atoms with E-state index in [1.165, 1.54) is 17.9 Å². The summed E-state index contributed by atoms with van der Waals surface area (Å²) in [5.74, 6) is -0.713. The smallest absolute Gasteiger partial charge is 0.316 e. The van der Waals surface area contributed by atoms with E-state index >= 15 is 0 Å². The van der Waals surface area contributed by atoms with Crippen molar-refractivity contribution in [3.8, 4) is 0 Å². The Bertz CT molecular complexity index is 890. The van der Waals surface area contributed by atoms with Crippen LogP contribution < -0.4 is 4.90 Å². The zero-order chi connectivity index (χ0) is 20.9. The molecule has 0 saturated heterocycles. The van der Waals surface area contributed by atoms with Crippen molar-refractivity contribution >= 4 is 29.1 Å². The average molecular weight is 379 g/mol. The maximum atomic E-state index is 12.7. The summed E-state index contributed by atoms with van der Waals surface area (Å²) in [5, 5.41) is 0. The first-order valence-electron chi connectivity index (χ1n) is 8.97. The highest BCUT2D eigenvalue weighted by Gasteiger charge is 2.25. The number of para-hydroxylation sites is 1. The number of amides is 1. The average Bonchev–Trinajstić information content (AvgIpc) is 2.66. The monoisotopic (exact) mass is 379 g/mol. The van der Waals surface area contributed by atoms with Crippen molar-refractivity contribution in [3.63, 3.8) is 0 Å². The molecule has 0 atom stereocenters. The highest BCUT2D eigenvalue weighted by atomic mass is 16.5. The molecule has 2 rings (SSSR count). The van der Waals surface area contributed by atoms with Crippen molar-refractivity contribution in [3.05, 3.63) is 71.8 Å². The number of Topliss-reactive ketones (excluding diaryl/α,β-unsaturated/α-hetero) is 1. The van der Waals surface area contributed by atoms with Crippen LogP contribution in [0.5, 0.6) is 0 Å². The second-order valence-corrected chi connectivity index (χ2v) is 7.51. The Hall–Kier alpha value is -3.21. The lowest BCUT2D eigenvalue weighted by Gasteiger charge is -2.20. The number of hydrogen-bond acceptors (Lipinski definition) is 4. The van der Waals surface area contributed by atoms with E-state index in [4.69, 9.17) is 4.74 Å². The van der Waals surface area contributed by atoms with E-state index in [-0.39, 0.29) is 17.4 Å². The molecule has 2 aromatic carbocycles. The minimum atomic E-state index is -0.729. The van der Waals surface area contributed by atoms with Crippen LogP contribution in [0.2, 0.25) is 0 Å². The molecule has 0 spiro atoms. The zero-order valence-electron chi connectivity index (χ0n) is 16.9. The Morgan fingerprint density at radius 2 is 1.43 bits per heavy atom. The van der Waals surface area contributed by atoms with Gasteiger partial charge in [0.1, 0.15) is 5.76 Å². The fourth-order valence-electron chi connectivity index (χ4n) is 2.28. The zero-order valence-corrected chi connectivity index (χ0v) is 16.9. The maximum Gasteiger partial charge on any atom is 0.316 e. The number of anilines is 1. The lowest BCUT2D eigenvalue weighted by Crippen LogP contribution is -2.26. The van der Waals surface area contributed by atoms with E-state index in [9.17, 15) is 14.4 Å². The summed E-state index contributed by atoms with van der Waals surface area (Å²) >= 11 is 0. The van der Waals surface area contributed by atoms with E-state index < -0.39 is 11.4 Å². The fourth-order valence-corrected chi connectivity index (χ4v) is 2.28. The molecule has 1 amide bonds. The van der Waals surface area contributed by atoms with Crippen molar-refractivity contribution in [1.29, 1.82) is 0 Å². The number of ketones is 1. The summed E-state index contributed by atoms with van der Waals surface area (Å²) in [5.41, 5.74) is 1.07. The number of likely N-dealkylation sites (N-methyl/N-ethyl adjacent to an activating group) is 1. The summed E-state index contributed by atoms with van der Waals surface area (Å²) in [4.78, 5) is 38.1. The molecule has 0 aromatic heterocycles. The van der Waals surface area contributed by atoms with Gasteiger partial charge in [0.25, 0.3) is 5.91 Å². The van der Waals surface area contributed by atoms with Crippen LogP contribution in [-0.2, 0) is 14.3 Å². The molecule has 0 N–H and O–H groups in total. The van der Waals surface area contributed by atoms with E-state index in [0.717, 1.165) is 5.69 Å². The molecule has 28 heavy (non-hydrogen) atoms. The molecule has 0 saturated carbocycles. The van der Waals surface area contributed by atoms with E-state index in [2.05, 4.69) is 0 Å². The van der Waals surface area contributed by atoms with Gasteiger partial charge in [-0.25, -0.2) is 0 Å². The molecular weight excluding hydrogens is 354 g/mol. The first kappa shape index (κ1) is 21.1. The number of carbonyl (C=O) groups excluding carboxylic acids is 3. The molecule has 0 heterocycles. The third kappa shape index (κ3) is 5.39. The van der Waals surface area contributed by atoms with Crippen molar-refractivity contribution in [2.24, 2.45) is 5.41 Å². The van der Waals surface area contributed by atoms with Gasteiger partial charge in [-0.05, 0) is 39.8 Å². The quantitative estimate of drug-likeness (QED) is 0.332. The molecule has 5 nitrogen and oxygen atoms in total. The summed E-state index contributed by atoms with van der Waals surface area (Å²) in [6, 6.07) is 15.8. The SMILES string of the molecule is CC(=O)c1ccc(/C(=C\C(=O)N(C)c2ccccc2)OC(=O)C(C)(C)C)cc1. The Kier molecular flexibility index (Phi) is 6.52. The van der Waals surface area contributed by atoms with Crippen LogP contribution >= 0.6 is 0 Å². The molecule has 0 radical (unpaired) electrons. The standard InChI is InChI=1S/C23H25NO4/c1-16(25)17-11-13-18(14-12-17)20(28-22(27)23(2,3)4)15-21(26)24(5)19-9-7-6-8-10-19/h6-15H,1-5H3/b20-15+. The normalized spacial score (nSPS) is 11.7. The summed E-state index contributed by atoms with van der Waals surface area (Å²) in [6.07, 6.45) is 1.29. The minimum Gasteiger partial charge on any atom is -0.425 e. The van der Waals surface area contributed by atoms with Crippen LogP contribution in [0.15, 0.2) is 60.7 Å². The second kappa shape index (κ2) is 8.65. The maximum absolute atomic E-state index is 12.7. The van der Waals surface area contributed by atoms with Crippen molar-refractivity contribution in [2.75, 3.05) is 11.9 Å². The van der Waals surface area contributed by atoms with Gasteiger partial charge in [-0.3, -0.25) is 14.4 Å². The van der Waals surface area contributed by atoms with E-state index in [1.807, 2.05) is 30.3 Å². The topological polar surface area (TPSA) is 63.7 Å². The Balaban J connectivity index is 2.39. The highest BCUT2D eigenvalue weighted by molar-refractivity contribution is 6.05. The van der Waals surface area contributed by atoms with Crippen molar-refractivity contribution < 1.29 is 19.1 Å². The summed E-state index contributed by atoms with van der Waals surface area (Å²) < 4.78 is 5.55. The fraction of sp³-hybridized carbons (Fsp3) is 0.261. The molecule has 0 aliphatic rings. The van der Waals surface area contributed by atoms with Gasteiger partial charge in [0.15, 0.2) is 5.78 Å². The van der Waals surface area contributed by atoms with E-state index in [1.54, 1.807) is 52.1 Å². The largest absolute Gasteiger partial charge is 0.425 e. The van der Waals surface area contributed by atoms with Crippen LogP contribution in [-0.4, -0.2) is 24.7 Å². The van der Waals surface area contributed by atoms with Crippen LogP contribution in [0.4, 0.5) is 5.69 Å². The predicted octanol–water partition coefficient (Wildman–Crippen LogP) is 4.48. The summed E-state index contributed by atoms with van der Waals surface area (Å²) in [6.45, 7) is 6.70. The Morgan fingerprint density at radius 1 is 0.893 bits per heavy atom. The molecule has 0 bridgehead atoms. The highest BCUT2D eigenvalue weighted by Crippen LogP contribution is 2.24. The molecule has 0 aliphatic carbocycles. The Labute approximate surface area is 165 Å². The number of nitrogens with zero attached hydrogens (tertiary/aromatic N) is 1. The van der Waals surface area contributed by atoms with Gasteiger partial charge >= 0.3 is 5.97 Å². The third-order valence-electron chi connectivity index (χ3n) is 4.12. The molecular formula is C23H25NO4. The van der Waals surface area contributed by atoms with Crippen molar-refractivity contribution in [1.82, 2.24) is 0 Å². The first-order chi connectivity index (χ1) is 13.1. The van der Waals surface area contributed by atoms with Gasteiger partial charge in [-0.15, -0.1) is 0 Å². The van der Waals surface area contributed by atoms with Gasteiger partial charge in [0.2, 0.25) is 0 Å². The number of ether oxygens (including phenoxy) is 1. The molecule has 0 unspecified atom stereocenters. The van der Waals surface area contributed by atoms with Crippen LogP contribution in [0.1, 0.15) is 43.6 Å². The first-order valence-corrected chi connectivity index (χ1v) is 8.97. The summed E-state index contributed by atoms with van der Waals surface area (Å²) in [7, 11) is 1.65. The second-order valence-electron chi connectivity index (χ2n) is 7.51. The lowest BCUT2D eigenvalue weighted by atomic mass is 9.97. The number of rotatable bonds is 5. The number of carbonyl (C=O) groups is 3. The molecule has 0 aliphatic heterocycles. The lowest BCUT2D eigenvalue weighted by molar-refractivity contribution is -0.145. The number of esters is 1. The van der Waals surface area contributed by atoms with Gasteiger partial charge in [-0.2, -0.15) is 0 Å². The van der Waals surface area contributed by atoms with Gasteiger partial charge in [0, 0.05) is 29.9 Å². The van der Waals surface area contributed by atoms with Crippen LogP contribution in [0, 0.1) is 5.41 Å². The van der Waals surface area contributed by atoms with Gasteiger partial charge < -0.3 is 9.64 Å². The third-order valence-corrected chi connectivity index (χ3v) is 4.12.